The third kappa shape index (κ3) is 9.38. The maximum absolute atomic E-state index is 10.0. The molecule has 0 spiro atoms. The molecular formula is C31H26IrN2O2-2. The minimum Gasteiger partial charge on any atom is -0.512 e. The van der Waals surface area contributed by atoms with Gasteiger partial charge in [-0.2, -0.15) is 0 Å². The van der Waals surface area contributed by atoms with E-state index >= 15 is 0 Å². The molecule has 3 aromatic carbocycles. The van der Waals surface area contributed by atoms with Crippen molar-refractivity contribution in [3.05, 3.63) is 133 Å². The second-order valence-electron chi connectivity index (χ2n) is 7.55. The number of aromatic nitrogens is 2. The molecule has 0 bridgehead atoms. The van der Waals surface area contributed by atoms with Crippen molar-refractivity contribution < 1.29 is 30.0 Å². The first-order valence-electron chi connectivity index (χ1n) is 11.1. The average molecular weight is 651 g/mol. The van der Waals surface area contributed by atoms with E-state index in [1.54, 1.807) is 6.20 Å². The molecule has 5 aromatic rings. The van der Waals surface area contributed by atoms with Gasteiger partial charge in [-0.3, -0.25) is 9.78 Å². The number of fused-ring (bicyclic) bond motifs is 1. The standard InChI is InChI=1S/C15H10N.C11H8N.C5H8O2.Ir/c1-2-6-12(7-3-1)15-11-10-13-8-4-5-9-14(13)16-15;1-2-6-10(7-3-1)11-8-4-5-9-12-11;1-4(6)3-5(2)7;/h1-6,8-11H;1-6,8-9H;3,6H,1-2H3;/q2*-1;;/b;;4-3-;. The van der Waals surface area contributed by atoms with Crippen molar-refractivity contribution >= 4 is 16.7 Å². The summed E-state index contributed by atoms with van der Waals surface area (Å²) in [6.07, 6.45) is 2.95. The van der Waals surface area contributed by atoms with Crippen molar-refractivity contribution in [3.8, 4) is 22.5 Å². The molecule has 0 aliphatic rings. The number of nitrogens with zero attached hydrogens (tertiary/aromatic N) is 2. The Morgan fingerprint density at radius 1 is 0.750 bits per heavy atom. The minimum atomic E-state index is -0.125. The molecule has 0 fully saturated rings. The predicted molar refractivity (Wildman–Crippen MR) is 142 cm³/mol. The summed E-state index contributed by atoms with van der Waals surface area (Å²) in [5, 5.41) is 9.53. The van der Waals surface area contributed by atoms with E-state index in [1.807, 2.05) is 91.0 Å². The zero-order valence-electron chi connectivity index (χ0n) is 20.1. The summed E-state index contributed by atoms with van der Waals surface area (Å²) in [6.45, 7) is 2.85. The number of ketones is 1. The van der Waals surface area contributed by atoms with Crippen molar-refractivity contribution in [1.82, 2.24) is 9.97 Å². The van der Waals surface area contributed by atoms with Crippen LogP contribution in [-0.2, 0) is 24.9 Å². The van der Waals surface area contributed by atoms with E-state index in [9.17, 15) is 4.79 Å². The third-order valence-electron chi connectivity index (χ3n) is 4.65. The summed E-state index contributed by atoms with van der Waals surface area (Å²) in [6, 6.07) is 40.2. The van der Waals surface area contributed by atoms with Crippen molar-refractivity contribution in [2.45, 2.75) is 13.8 Å². The SMILES string of the molecule is CC(=O)/C=C(/C)O.[Ir].[c-]1ccccc1-c1ccc2ccccc2n1.[c-]1ccccc1-c1ccccn1. The number of para-hydroxylation sites is 1. The van der Waals surface area contributed by atoms with Gasteiger partial charge in [-0.25, -0.2) is 0 Å². The van der Waals surface area contributed by atoms with Crippen LogP contribution in [0.1, 0.15) is 13.8 Å². The molecule has 2 aromatic heterocycles. The van der Waals surface area contributed by atoms with Crippen LogP contribution in [-0.4, -0.2) is 20.9 Å². The van der Waals surface area contributed by atoms with Crippen LogP contribution in [0.5, 0.6) is 0 Å². The molecule has 0 atom stereocenters. The molecule has 1 N–H and O–H groups in total. The Balaban J connectivity index is 0.000000203. The molecule has 183 valence electrons. The number of benzene rings is 3. The summed E-state index contributed by atoms with van der Waals surface area (Å²) in [4.78, 5) is 18.8. The number of pyridine rings is 2. The number of allylic oxidation sites excluding steroid dienone is 2. The van der Waals surface area contributed by atoms with E-state index in [-0.39, 0.29) is 31.6 Å². The molecule has 0 saturated heterocycles. The van der Waals surface area contributed by atoms with Gasteiger partial charge in [0.1, 0.15) is 0 Å². The van der Waals surface area contributed by atoms with E-state index in [1.165, 1.54) is 25.3 Å². The second-order valence-corrected chi connectivity index (χ2v) is 7.55. The molecule has 0 amide bonds. The minimum absolute atomic E-state index is 0. The Kier molecular flexibility index (Phi) is 11.9. The van der Waals surface area contributed by atoms with E-state index in [2.05, 4.69) is 34.2 Å². The van der Waals surface area contributed by atoms with Gasteiger partial charge in [0.15, 0.2) is 5.78 Å². The molecule has 2 heterocycles. The van der Waals surface area contributed by atoms with Gasteiger partial charge < -0.3 is 10.1 Å². The summed E-state index contributed by atoms with van der Waals surface area (Å²) in [5.74, 6) is -0.0625. The molecule has 5 rings (SSSR count). The quantitative estimate of drug-likeness (QED) is 0.127. The van der Waals surface area contributed by atoms with E-state index in [0.717, 1.165) is 28.0 Å². The topological polar surface area (TPSA) is 63.1 Å². The summed E-state index contributed by atoms with van der Waals surface area (Å²) in [7, 11) is 0. The average Bonchev–Trinajstić information content (AvgIpc) is 2.90. The molecule has 0 aliphatic carbocycles. The van der Waals surface area contributed by atoms with Gasteiger partial charge in [-0.1, -0.05) is 42.5 Å². The maximum atomic E-state index is 10.0. The predicted octanol–water partition coefficient (Wildman–Crippen LogP) is 7.29. The van der Waals surface area contributed by atoms with Gasteiger partial charge in [0.05, 0.1) is 11.3 Å². The fraction of sp³-hybridized carbons (Fsp3) is 0.0645. The Morgan fingerprint density at radius 2 is 1.36 bits per heavy atom. The molecule has 1 radical (unpaired) electrons. The number of aliphatic hydroxyl groups excluding tert-OH is 1. The number of aliphatic hydroxyl groups is 1. The Bertz CT molecular complexity index is 1330. The first-order valence-corrected chi connectivity index (χ1v) is 11.1. The van der Waals surface area contributed by atoms with Crippen molar-refractivity contribution in [2.75, 3.05) is 0 Å². The number of rotatable bonds is 3. The molecule has 4 nitrogen and oxygen atoms in total. The van der Waals surface area contributed by atoms with Crippen molar-refractivity contribution in [3.63, 3.8) is 0 Å². The van der Waals surface area contributed by atoms with Crippen LogP contribution in [0.2, 0.25) is 0 Å². The fourth-order valence-electron chi connectivity index (χ4n) is 3.14. The van der Waals surface area contributed by atoms with Crippen LogP contribution < -0.4 is 0 Å². The van der Waals surface area contributed by atoms with Gasteiger partial charge in [0, 0.05) is 32.4 Å². The normalized spacial score (nSPS) is 10.1. The van der Waals surface area contributed by atoms with E-state index < -0.39 is 0 Å². The largest absolute Gasteiger partial charge is 0.512 e. The van der Waals surface area contributed by atoms with Crippen LogP contribution in [0, 0.1) is 12.1 Å². The van der Waals surface area contributed by atoms with Crippen LogP contribution in [0.15, 0.2) is 121 Å². The van der Waals surface area contributed by atoms with E-state index in [4.69, 9.17) is 5.11 Å². The maximum Gasteiger partial charge on any atom is 0.155 e. The zero-order chi connectivity index (χ0) is 24.9. The molecule has 5 heteroatoms. The van der Waals surface area contributed by atoms with Crippen LogP contribution in [0.4, 0.5) is 0 Å². The molecule has 0 unspecified atom stereocenters. The summed E-state index contributed by atoms with van der Waals surface area (Å²) >= 11 is 0. The Morgan fingerprint density at radius 3 is 1.89 bits per heavy atom. The monoisotopic (exact) mass is 651 g/mol. The van der Waals surface area contributed by atoms with E-state index in [0.29, 0.717) is 0 Å². The first kappa shape index (κ1) is 28.3. The molecule has 0 saturated carbocycles. The number of hydrogen-bond acceptors (Lipinski definition) is 4. The van der Waals surface area contributed by atoms with Crippen molar-refractivity contribution in [1.29, 1.82) is 0 Å². The van der Waals surface area contributed by atoms with Gasteiger partial charge >= 0.3 is 0 Å². The van der Waals surface area contributed by atoms with Crippen LogP contribution in [0.3, 0.4) is 0 Å². The fourth-order valence-corrected chi connectivity index (χ4v) is 3.14. The van der Waals surface area contributed by atoms with Crippen LogP contribution >= 0.6 is 0 Å². The van der Waals surface area contributed by atoms with Gasteiger partial charge in [-0.05, 0) is 42.8 Å². The molecule has 0 aliphatic heterocycles. The summed E-state index contributed by atoms with van der Waals surface area (Å²) < 4.78 is 0. The van der Waals surface area contributed by atoms with Crippen molar-refractivity contribution in [2.24, 2.45) is 0 Å². The molecular weight excluding hydrogens is 625 g/mol. The number of carbonyl (C=O) groups excluding carboxylic acids is 1. The zero-order valence-corrected chi connectivity index (χ0v) is 22.4. The van der Waals surface area contributed by atoms with Gasteiger partial charge in [-0.15, -0.1) is 71.8 Å². The smallest absolute Gasteiger partial charge is 0.155 e. The van der Waals surface area contributed by atoms with Gasteiger partial charge in [0.2, 0.25) is 0 Å². The number of hydrogen-bond donors (Lipinski definition) is 1. The first-order chi connectivity index (χ1) is 17.0. The second kappa shape index (κ2) is 15.2. The Hall–Kier alpha value is -3.92. The van der Waals surface area contributed by atoms with Gasteiger partial charge in [0.25, 0.3) is 0 Å². The summed E-state index contributed by atoms with van der Waals surface area (Å²) in [5.41, 5.74) is 5.04. The molecule has 36 heavy (non-hydrogen) atoms. The third-order valence-corrected chi connectivity index (χ3v) is 4.65. The Labute approximate surface area is 225 Å². The number of carbonyl (C=O) groups is 1. The van der Waals surface area contributed by atoms with Crippen LogP contribution in [0.25, 0.3) is 33.4 Å².